The van der Waals surface area contributed by atoms with Crippen LogP contribution in [0.5, 0.6) is 0 Å². The monoisotopic (exact) mass is 412 g/mol. The topological polar surface area (TPSA) is 30.2 Å². The van der Waals surface area contributed by atoms with Gasteiger partial charge in [0.05, 0.1) is 9.86 Å². The van der Waals surface area contributed by atoms with Crippen molar-refractivity contribution in [3.63, 3.8) is 0 Å². The molecule has 20 heavy (non-hydrogen) atoms. The van der Waals surface area contributed by atoms with E-state index in [0.717, 1.165) is 14.5 Å². The largest absolute Gasteiger partial charge is 0.455 e. The molecule has 0 fully saturated rings. The molecule has 1 aromatic heterocycles. The quantitative estimate of drug-likeness (QED) is 0.516. The molecule has 100 valence electrons. The molecule has 3 rings (SSSR count). The van der Waals surface area contributed by atoms with Crippen molar-refractivity contribution in [2.75, 3.05) is 0 Å². The second-order valence-corrected chi connectivity index (χ2v) is 6.45. The first kappa shape index (κ1) is 13.9. The van der Waals surface area contributed by atoms with Crippen molar-refractivity contribution in [1.82, 2.24) is 0 Å². The molecule has 5 heteroatoms. The zero-order chi connectivity index (χ0) is 14.3. The molecule has 0 unspecified atom stereocenters. The van der Waals surface area contributed by atoms with Gasteiger partial charge in [0.1, 0.15) is 5.76 Å². The maximum Gasteiger partial charge on any atom is 0.193 e. The van der Waals surface area contributed by atoms with Crippen LogP contribution in [0.15, 0.2) is 60.6 Å². The van der Waals surface area contributed by atoms with Gasteiger partial charge in [0.25, 0.3) is 0 Å². The number of hydrogen-bond donors (Lipinski definition) is 0. The van der Waals surface area contributed by atoms with Crippen molar-refractivity contribution in [2.45, 2.75) is 0 Å². The number of benzene rings is 2. The van der Waals surface area contributed by atoms with E-state index in [1.165, 1.54) is 6.07 Å². The van der Waals surface area contributed by atoms with Gasteiger partial charge in [-0.2, -0.15) is 0 Å². The van der Waals surface area contributed by atoms with Crippen LogP contribution in [0.1, 0.15) is 0 Å². The van der Waals surface area contributed by atoms with Gasteiger partial charge >= 0.3 is 0 Å². The highest BCUT2D eigenvalue weighted by Crippen LogP contribution is 2.30. The Balaban J connectivity index is 2.29. The highest BCUT2D eigenvalue weighted by atomic mass is 79.9. The summed E-state index contributed by atoms with van der Waals surface area (Å²) in [5.41, 5.74) is 1.26. The van der Waals surface area contributed by atoms with E-state index in [1.54, 1.807) is 18.2 Å². The normalized spacial score (nSPS) is 10.9. The summed E-state index contributed by atoms with van der Waals surface area (Å²) < 4.78 is 7.40. The minimum Gasteiger partial charge on any atom is -0.455 e. The first-order valence-electron chi connectivity index (χ1n) is 5.73. The van der Waals surface area contributed by atoms with Crippen molar-refractivity contribution in [2.24, 2.45) is 0 Å². The molecule has 0 aliphatic rings. The van der Waals surface area contributed by atoms with Crippen LogP contribution in [0.2, 0.25) is 5.02 Å². The summed E-state index contributed by atoms with van der Waals surface area (Å²) in [6.45, 7) is 0. The molecule has 0 amide bonds. The van der Waals surface area contributed by atoms with Crippen LogP contribution in [0.4, 0.5) is 0 Å². The average Bonchev–Trinajstić information content (AvgIpc) is 2.40. The van der Waals surface area contributed by atoms with E-state index in [4.69, 9.17) is 16.0 Å². The molecule has 0 saturated carbocycles. The van der Waals surface area contributed by atoms with E-state index in [1.807, 2.05) is 18.2 Å². The van der Waals surface area contributed by atoms with Gasteiger partial charge in [0.15, 0.2) is 11.0 Å². The molecule has 0 saturated heterocycles. The molecular weight excluding hydrogens is 407 g/mol. The lowest BCUT2D eigenvalue weighted by atomic mass is 10.1. The third-order valence-corrected chi connectivity index (χ3v) is 4.18. The van der Waals surface area contributed by atoms with Gasteiger partial charge in [0.2, 0.25) is 0 Å². The fraction of sp³-hybridized carbons (Fsp3) is 0. The second-order valence-electron chi connectivity index (χ2n) is 4.25. The smallest absolute Gasteiger partial charge is 0.193 e. The Bertz CT molecular complexity index is 854. The van der Waals surface area contributed by atoms with Crippen LogP contribution in [0.25, 0.3) is 22.3 Å². The lowest BCUT2D eigenvalue weighted by molar-refractivity contribution is 0.617. The Kier molecular flexibility index (Phi) is 3.71. The van der Waals surface area contributed by atoms with E-state index in [0.29, 0.717) is 21.8 Å². The highest BCUT2D eigenvalue weighted by molar-refractivity contribution is 9.11. The highest BCUT2D eigenvalue weighted by Gasteiger charge is 2.10. The van der Waals surface area contributed by atoms with Crippen LogP contribution < -0.4 is 5.43 Å². The molecule has 0 aliphatic heterocycles. The summed E-state index contributed by atoms with van der Waals surface area (Å²) in [6.07, 6.45) is 0. The van der Waals surface area contributed by atoms with E-state index in [9.17, 15) is 4.79 Å². The van der Waals surface area contributed by atoms with E-state index in [-0.39, 0.29) is 5.43 Å². The fourth-order valence-corrected chi connectivity index (χ4v) is 3.37. The van der Waals surface area contributed by atoms with Crippen molar-refractivity contribution < 1.29 is 4.42 Å². The third kappa shape index (κ3) is 2.55. The summed E-state index contributed by atoms with van der Waals surface area (Å²) in [6, 6.07) is 12.2. The molecule has 2 aromatic carbocycles. The molecule has 0 bridgehead atoms. The SMILES string of the molecule is O=c1cc(-c2ccc(Cl)cc2)oc2c(Br)cc(Br)cc12. The van der Waals surface area contributed by atoms with E-state index in [2.05, 4.69) is 31.9 Å². The van der Waals surface area contributed by atoms with Crippen molar-refractivity contribution in [3.8, 4) is 11.3 Å². The number of halogens is 3. The van der Waals surface area contributed by atoms with Crippen LogP contribution >= 0.6 is 43.5 Å². The first-order chi connectivity index (χ1) is 9.54. The molecule has 0 aliphatic carbocycles. The molecule has 0 spiro atoms. The Morgan fingerprint density at radius 1 is 1.00 bits per heavy atom. The Morgan fingerprint density at radius 3 is 2.40 bits per heavy atom. The van der Waals surface area contributed by atoms with Gasteiger partial charge in [-0.15, -0.1) is 0 Å². The van der Waals surface area contributed by atoms with Crippen molar-refractivity contribution in [3.05, 3.63) is 66.7 Å². The lowest BCUT2D eigenvalue weighted by Crippen LogP contribution is -2.00. The van der Waals surface area contributed by atoms with Gasteiger partial charge in [-0.25, -0.2) is 0 Å². The lowest BCUT2D eigenvalue weighted by Gasteiger charge is -2.05. The first-order valence-corrected chi connectivity index (χ1v) is 7.70. The van der Waals surface area contributed by atoms with Crippen LogP contribution in [0.3, 0.4) is 0 Å². The number of hydrogen-bond acceptors (Lipinski definition) is 2. The number of fused-ring (bicyclic) bond motifs is 1. The Morgan fingerprint density at radius 2 is 1.70 bits per heavy atom. The molecule has 0 atom stereocenters. The van der Waals surface area contributed by atoms with Crippen molar-refractivity contribution in [1.29, 1.82) is 0 Å². The summed E-state index contributed by atoms with van der Waals surface area (Å²) in [4.78, 5) is 12.2. The minimum atomic E-state index is -0.0850. The summed E-state index contributed by atoms with van der Waals surface area (Å²) in [5.74, 6) is 0.516. The molecule has 2 nitrogen and oxygen atoms in total. The van der Waals surface area contributed by atoms with E-state index >= 15 is 0 Å². The molecular formula is C15H7Br2ClO2. The molecule has 1 heterocycles. The third-order valence-electron chi connectivity index (χ3n) is 2.88. The second kappa shape index (κ2) is 5.35. The predicted octanol–water partition coefficient (Wildman–Crippen LogP) is 5.64. The molecule has 3 aromatic rings. The number of rotatable bonds is 1. The standard InChI is InChI=1S/C15H7Br2ClO2/c16-9-5-11-13(19)7-14(20-15(11)12(17)6-9)8-1-3-10(18)4-2-8/h1-7H. The van der Waals surface area contributed by atoms with Gasteiger partial charge in [0, 0.05) is 21.1 Å². The van der Waals surface area contributed by atoms with Gasteiger partial charge < -0.3 is 4.42 Å². The summed E-state index contributed by atoms with van der Waals surface area (Å²) in [5, 5.41) is 1.17. The van der Waals surface area contributed by atoms with Gasteiger partial charge in [-0.05, 0) is 52.3 Å². The maximum absolute atomic E-state index is 12.2. The maximum atomic E-state index is 12.2. The van der Waals surface area contributed by atoms with Gasteiger partial charge in [-0.3, -0.25) is 4.79 Å². The zero-order valence-corrected chi connectivity index (χ0v) is 13.9. The molecule has 0 N–H and O–H groups in total. The van der Waals surface area contributed by atoms with Crippen LogP contribution in [0, 0.1) is 0 Å². The Hall–Kier alpha value is -1.10. The van der Waals surface area contributed by atoms with Crippen LogP contribution in [-0.2, 0) is 0 Å². The van der Waals surface area contributed by atoms with Gasteiger partial charge in [-0.1, -0.05) is 27.5 Å². The summed E-state index contributed by atoms with van der Waals surface area (Å²) >= 11 is 12.6. The molecule has 0 radical (unpaired) electrons. The summed E-state index contributed by atoms with van der Waals surface area (Å²) in [7, 11) is 0. The van der Waals surface area contributed by atoms with Crippen molar-refractivity contribution >= 4 is 54.4 Å². The fourth-order valence-electron chi connectivity index (χ4n) is 1.94. The zero-order valence-electron chi connectivity index (χ0n) is 9.99. The predicted molar refractivity (Wildman–Crippen MR) is 88.3 cm³/mol. The minimum absolute atomic E-state index is 0.0850. The van der Waals surface area contributed by atoms with E-state index < -0.39 is 0 Å². The average molecular weight is 414 g/mol. The Labute approximate surface area is 136 Å². The van der Waals surface area contributed by atoms with Crippen LogP contribution in [-0.4, -0.2) is 0 Å².